The van der Waals surface area contributed by atoms with Crippen molar-refractivity contribution in [2.45, 2.75) is 78.1 Å². The fraction of sp³-hybridized carbons (Fsp3) is 0.818. The Balaban J connectivity index is 1.45. The quantitative estimate of drug-likeness (QED) is 0.742. The normalized spacial score (nSPS) is 34.0. The molecule has 1 aliphatic carbocycles. The minimum absolute atomic E-state index is 0.0276. The van der Waals surface area contributed by atoms with Gasteiger partial charge in [0.2, 0.25) is 0 Å². The van der Waals surface area contributed by atoms with Gasteiger partial charge in [0.15, 0.2) is 6.29 Å². The first-order chi connectivity index (χ1) is 12.1. The minimum atomic E-state index is 0.0276. The molecule has 0 unspecified atom stereocenters. The summed E-state index contributed by atoms with van der Waals surface area (Å²) in [5.41, 5.74) is 3.06. The maximum atomic E-state index is 6.34. The van der Waals surface area contributed by atoms with Crippen LogP contribution in [0.3, 0.4) is 0 Å². The Kier molecular flexibility index (Phi) is 7.15. The summed E-state index contributed by atoms with van der Waals surface area (Å²) in [5.74, 6) is 1.20. The van der Waals surface area contributed by atoms with Crippen LogP contribution in [0.15, 0.2) is 23.3 Å². The van der Waals surface area contributed by atoms with E-state index in [-0.39, 0.29) is 6.29 Å². The van der Waals surface area contributed by atoms with E-state index in [0.717, 1.165) is 19.6 Å². The van der Waals surface area contributed by atoms with Gasteiger partial charge in [0.25, 0.3) is 0 Å². The number of ether oxygens (including phenoxy) is 2. The van der Waals surface area contributed by atoms with Crippen molar-refractivity contribution in [2.75, 3.05) is 26.2 Å². The van der Waals surface area contributed by atoms with Crippen LogP contribution in [0.1, 0.15) is 65.7 Å². The molecule has 2 fully saturated rings. The molecule has 3 heteroatoms. The molecule has 3 nitrogen and oxygen atoms in total. The van der Waals surface area contributed by atoms with Crippen LogP contribution in [0.5, 0.6) is 0 Å². The summed E-state index contributed by atoms with van der Waals surface area (Å²) in [6.07, 6.45) is 14.1. The third-order valence-corrected chi connectivity index (χ3v) is 6.21. The second-order valence-corrected chi connectivity index (χ2v) is 8.74. The third kappa shape index (κ3) is 5.67. The van der Waals surface area contributed by atoms with Crippen LogP contribution in [0, 0.1) is 11.8 Å². The van der Waals surface area contributed by atoms with Crippen molar-refractivity contribution >= 4 is 0 Å². The Labute approximate surface area is 154 Å². The third-order valence-electron chi connectivity index (χ3n) is 6.21. The molecule has 25 heavy (non-hydrogen) atoms. The Morgan fingerprint density at radius 1 is 1.24 bits per heavy atom. The molecule has 2 saturated heterocycles. The van der Waals surface area contributed by atoms with E-state index in [2.05, 4.69) is 32.9 Å². The molecule has 0 saturated carbocycles. The largest absolute Gasteiger partial charge is 0.349 e. The van der Waals surface area contributed by atoms with Crippen molar-refractivity contribution < 1.29 is 14.4 Å². The lowest BCUT2D eigenvalue weighted by atomic mass is 9.79. The number of allylic oxidation sites excluding steroid dienone is 4. The molecule has 3 aliphatic rings. The molecular formula is C22H38NO2+. The van der Waals surface area contributed by atoms with Gasteiger partial charge in [0, 0.05) is 5.92 Å². The lowest BCUT2D eigenvalue weighted by molar-refractivity contribution is -0.907. The van der Waals surface area contributed by atoms with Crippen LogP contribution in [0.4, 0.5) is 0 Å². The van der Waals surface area contributed by atoms with Crippen LogP contribution in [-0.2, 0) is 9.47 Å². The lowest BCUT2D eigenvalue weighted by Gasteiger charge is -2.32. The molecule has 0 aromatic heterocycles. The van der Waals surface area contributed by atoms with Gasteiger partial charge in [0.05, 0.1) is 19.7 Å². The van der Waals surface area contributed by atoms with Crippen LogP contribution in [-0.4, -0.2) is 38.6 Å². The molecule has 2 aliphatic heterocycles. The molecule has 1 N–H and O–H groups in total. The average molecular weight is 349 g/mol. The summed E-state index contributed by atoms with van der Waals surface area (Å²) in [4.78, 5) is 1.72. The Morgan fingerprint density at radius 2 is 2.04 bits per heavy atom. The van der Waals surface area contributed by atoms with Gasteiger partial charge in [-0.2, -0.15) is 0 Å². The van der Waals surface area contributed by atoms with Crippen molar-refractivity contribution in [3.63, 3.8) is 0 Å². The van der Waals surface area contributed by atoms with Crippen molar-refractivity contribution in [1.29, 1.82) is 0 Å². The first-order valence-electron chi connectivity index (χ1n) is 10.5. The molecular weight excluding hydrogens is 310 g/mol. The summed E-state index contributed by atoms with van der Waals surface area (Å²) in [5, 5.41) is 0. The van der Waals surface area contributed by atoms with Crippen LogP contribution in [0.2, 0.25) is 0 Å². The van der Waals surface area contributed by atoms with E-state index in [1.54, 1.807) is 10.5 Å². The predicted molar refractivity (Wildman–Crippen MR) is 103 cm³/mol. The molecule has 0 aromatic rings. The Morgan fingerprint density at radius 3 is 2.76 bits per heavy atom. The first-order valence-corrected chi connectivity index (χ1v) is 10.5. The van der Waals surface area contributed by atoms with Crippen molar-refractivity contribution in [1.82, 2.24) is 0 Å². The number of piperidine rings is 1. The van der Waals surface area contributed by atoms with Gasteiger partial charge in [-0.25, -0.2) is 0 Å². The standard InChI is InChI=1S/C22H37NO2/c1-17(2)8-7-9-19-10-11-21(18(3)14-19)22-24-16-20(25-22)15-23-12-5-4-6-13-23/h8,10,18,20-22H,4-7,9,11-16H2,1-3H3/p+1/t18-,20-,21-,22+/m0/s1. The van der Waals surface area contributed by atoms with E-state index in [0.29, 0.717) is 17.9 Å². The Hall–Kier alpha value is -0.640. The molecule has 0 bridgehead atoms. The van der Waals surface area contributed by atoms with E-state index in [9.17, 15) is 0 Å². The van der Waals surface area contributed by atoms with Crippen molar-refractivity contribution in [2.24, 2.45) is 11.8 Å². The molecule has 0 spiro atoms. The summed E-state index contributed by atoms with van der Waals surface area (Å²) >= 11 is 0. The summed E-state index contributed by atoms with van der Waals surface area (Å²) < 4.78 is 12.4. The van der Waals surface area contributed by atoms with E-state index in [1.165, 1.54) is 57.2 Å². The van der Waals surface area contributed by atoms with Gasteiger partial charge >= 0.3 is 0 Å². The molecule has 0 radical (unpaired) electrons. The molecule has 142 valence electrons. The fourth-order valence-electron chi connectivity index (χ4n) is 4.69. The number of likely N-dealkylation sites (tertiary alicyclic amines) is 1. The maximum absolute atomic E-state index is 6.34. The van der Waals surface area contributed by atoms with Crippen molar-refractivity contribution in [3.8, 4) is 0 Å². The SMILES string of the molecule is CC(C)=CCCC1=CC[C@H]([C@@H]2OC[C@H](C[NH+]3CCCCC3)O2)[C@@H](C)C1. The first kappa shape index (κ1) is 19.1. The van der Waals surface area contributed by atoms with Gasteiger partial charge in [0.1, 0.15) is 12.6 Å². The number of hydrogen-bond acceptors (Lipinski definition) is 2. The van der Waals surface area contributed by atoms with Gasteiger partial charge < -0.3 is 14.4 Å². The Bertz CT molecular complexity index is 474. The molecule has 2 heterocycles. The lowest BCUT2D eigenvalue weighted by Crippen LogP contribution is -3.13. The van der Waals surface area contributed by atoms with Gasteiger partial charge in [-0.1, -0.05) is 30.2 Å². The van der Waals surface area contributed by atoms with E-state index < -0.39 is 0 Å². The highest BCUT2D eigenvalue weighted by Crippen LogP contribution is 2.36. The van der Waals surface area contributed by atoms with Crippen molar-refractivity contribution in [3.05, 3.63) is 23.3 Å². The number of nitrogens with one attached hydrogen (secondary N) is 1. The smallest absolute Gasteiger partial charge is 0.161 e. The second-order valence-electron chi connectivity index (χ2n) is 8.74. The summed E-state index contributed by atoms with van der Waals surface area (Å²) in [6, 6.07) is 0. The van der Waals surface area contributed by atoms with Gasteiger partial charge in [-0.3, -0.25) is 0 Å². The highest BCUT2D eigenvalue weighted by molar-refractivity contribution is 5.10. The molecule has 0 aromatic carbocycles. The summed E-state index contributed by atoms with van der Waals surface area (Å²) in [7, 11) is 0. The number of rotatable bonds is 6. The highest BCUT2D eigenvalue weighted by atomic mass is 16.7. The number of hydrogen-bond donors (Lipinski definition) is 1. The second kappa shape index (κ2) is 9.34. The predicted octanol–water partition coefficient (Wildman–Crippen LogP) is 3.52. The molecule has 4 atom stereocenters. The molecule has 0 amide bonds. The molecule has 3 rings (SSSR count). The number of quaternary nitrogens is 1. The van der Waals surface area contributed by atoms with E-state index in [1.807, 2.05) is 0 Å². The van der Waals surface area contributed by atoms with Crippen LogP contribution < -0.4 is 4.90 Å². The van der Waals surface area contributed by atoms with Gasteiger partial charge in [-0.15, -0.1) is 0 Å². The van der Waals surface area contributed by atoms with E-state index >= 15 is 0 Å². The highest BCUT2D eigenvalue weighted by Gasteiger charge is 2.38. The van der Waals surface area contributed by atoms with Crippen LogP contribution in [0.25, 0.3) is 0 Å². The minimum Gasteiger partial charge on any atom is -0.349 e. The maximum Gasteiger partial charge on any atom is 0.161 e. The topological polar surface area (TPSA) is 22.9 Å². The zero-order valence-electron chi connectivity index (χ0n) is 16.6. The zero-order chi connectivity index (χ0) is 17.6. The average Bonchev–Trinajstić information content (AvgIpc) is 3.04. The fourth-order valence-corrected chi connectivity index (χ4v) is 4.69. The van der Waals surface area contributed by atoms with Gasteiger partial charge in [-0.05, 0) is 64.7 Å². The summed E-state index contributed by atoms with van der Waals surface area (Å²) in [6.45, 7) is 11.3. The zero-order valence-corrected chi connectivity index (χ0v) is 16.6. The monoisotopic (exact) mass is 348 g/mol. The van der Waals surface area contributed by atoms with E-state index in [4.69, 9.17) is 9.47 Å². The van der Waals surface area contributed by atoms with Crippen LogP contribution >= 0.6 is 0 Å².